The molecule has 18 heavy (non-hydrogen) atoms. The highest BCUT2D eigenvalue weighted by atomic mass is 14.9. The van der Waals surface area contributed by atoms with E-state index in [9.17, 15) is 0 Å². The summed E-state index contributed by atoms with van der Waals surface area (Å²) in [4.78, 5) is 4.38. The third kappa shape index (κ3) is 5.18. The van der Waals surface area contributed by atoms with Crippen molar-refractivity contribution in [1.29, 1.82) is 0 Å². The molecule has 0 aliphatic heterocycles. The monoisotopic (exact) mass is 248 g/mol. The molecule has 1 rings (SSSR count). The standard InChI is InChI=1S/C16H28N2/c1-4-5-6-7-8-9-12-16(17-3)15-11-10-13-18-14(15)2/h10-11,13,16-17H,4-9,12H2,1-3H3. The molecular formula is C16H28N2. The fourth-order valence-corrected chi connectivity index (χ4v) is 2.45. The molecule has 2 heteroatoms. The highest BCUT2D eigenvalue weighted by Crippen LogP contribution is 2.21. The predicted octanol–water partition coefficient (Wildman–Crippen LogP) is 4.40. The van der Waals surface area contributed by atoms with Gasteiger partial charge in [0.2, 0.25) is 0 Å². The number of nitrogens with one attached hydrogen (secondary N) is 1. The number of hydrogen-bond acceptors (Lipinski definition) is 2. The second-order valence-electron chi connectivity index (χ2n) is 5.08. The minimum atomic E-state index is 0.463. The van der Waals surface area contributed by atoms with Gasteiger partial charge in [-0.2, -0.15) is 0 Å². The molecule has 0 aliphatic rings. The summed E-state index contributed by atoms with van der Waals surface area (Å²) in [5, 5.41) is 3.42. The largest absolute Gasteiger partial charge is 0.313 e. The average molecular weight is 248 g/mol. The molecule has 0 amide bonds. The third-order valence-electron chi connectivity index (χ3n) is 3.62. The Morgan fingerprint density at radius 2 is 1.89 bits per heavy atom. The maximum Gasteiger partial charge on any atom is 0.0420 e. The number of hydrogen-bond donors (Lipinski definition) is 1. The molecule has 0 fully saturated rings. The fraction of sp³-hybridized carbons (Fsp3) is 0.688. The number of aryl methyl sites for hydroxylation is 1. The Morgan fingerprint density at radius 1 is 1.17 bits per heavy atom. The molecule has 0 bridgehead atoms. The summed E-state index contributed by atoms with van der Waals surface area (Å²) in [6, 6.07) is 4.69. The van der Waals surface area contributed by atoms with Gasteiger partial charge in [-0.1, -0.05) is 51.5 Å². The van der Waals surface area contributed by atoms with Gasteiger partial charge in [0, 0.05) is 17.9 Å². The summed E-state index contributed by atoms with van der Waals surface area (Å²) >= 11 is 0. The zero-order valence-corrected chi connectivity index (χ0v) is 12.2. The van der Waals surface area contributed by atoms with Crippen molar-refractivity contribution in [3.8, 4) is 0 Å². The van der Waals surface area contributed by atoms with Gasteiger partial charge in [-0.05, 0) is 32.0 Å². The predicted molar refractivity (Wildman–Crippen MR) is 78.8 cm³/mol. The van der Waals surface area contributed by atoms with E-state index in [4.69, 9.17) is 0 Å². The Balaban J connectivity index is 2.32. The first-order valence-electron chi connectivity index (χ1n) is 7.38. The van der Waals surface area contributed by atoms with Crippen molar-refractivity contribution >= 4 is 0 Å². The molecule has 0 saturated heterocycles. The van der Waals surface area contributed by atoms with Gasteiger partial charge in [0.05, 0.1) is 0 Å². The smallest absolute Gasteiger partial charge is 0.0420 e. The van der Waals surface area contributed by atoms with Crippen LogP contribution in [0.2, 0.25) is 0 Å². The highest BCUT2D eigenvalue weighted by Gasteiger charge is 2.11. The molecule has 1 N–H and O–H groups in total. The molecule has 1 unspecified atom stereocenters. The van der Waals surface area contributed by atoms with Crippen molar-refractivity contribution in [3.63, 3.8) is 0 Å². The molecule has 1 aromatic rings. The average Bonchev–Trinajstić information content (AvgIpc) is 2.39. The normalized spacial score (nSPS) is 12.6. The lowest BCUT2D eigenvalue weighted by Crippen LogP contribution is -2.17. The molecule has 1 heterocycles. The van der Waals surface area contributed by atoms with Crippen LogP contribution in [0.25, 0.3) is 0 Å². The van der Waals surface area contributed by atoms with Crippen LogP contribution < -0.4 is 5.32 Å². The van der Waals surface area contributed by atoms with Crippen molar-refractivity contribution in [2.75, 3.05) is 7.05 Å². The van der Waals surface area contributed by atoms with Crippen LogP contribution >= 0.6 is 0 Å². The molecule has 0 radical (unpaired) electrons. The van der Waals surface area contributed by atoms with Gasteiger partial charge in [-0.3, -0.25) is 4.98 Å². The summed E-state index contributed by atoms with van der Waals surface area (Å²) in [5.74, 6) is 0. The van der Waals surface area contributed by atoms with Crippen LogP contribution in [-0.2, 0) is 0 Å². The van der Waals surface area contributed by atoms with Crippen molar-refractivity contribution in [1.82, 2.24) is 10.3 Å². The van der Waals surface area contributed by atoms with Gasteiger partial charge in [0.25, 0.3) is 0 Å². The van der Waals surface area contributed by atoms with Crippen molar-refractivity contribution in [2.24, 2.45) is 0 Å². The van der Waals surface area contributed by atoms with Gasteiger partial charge < -0.3 is 5.32 Å². The van der Waals surface area contributed by atoms with Crippen LogP contribution in [0.4, 0.5) is 0 Å². The molecule has 0 aliphatic carbocycles. The lowest BCUT2D eigenvalue weighted by molar-refractivity contribution is 0.495. The summed E-state index contributed by atoms with van der Waals surface area (Å²) in [5.41, 5.74) is 2.51. The van der Waals surface area contributed by atoms with Gasteiger partial charge in [-0.15, -0.1) is 0 Å². The van der Waals surface area contributed by atoms with E-state index >= 15 is 0 Å². The Hall–Kier alpha value is -0.890. The molecule has 0 spiro atoms. The molecule has 0 aromatic carbocycles. The van der Waals surface area contributed by atoms with Gasteiger partial charge in [0.1, 0.15) is 0 Å². The van der Waals surface area contributed by atoms with Crippen molar-refractivity contribution in [2.45, 2.75) is 64.8 Å². The van der Waals surface area contributed by atoms with Crippen molar-refractivity contribution in [3.05, 3.63) is 29.6 Å². The first kappa shape index (κ1) is 15.2. The van der Waals surface area contributed by atoms with E-state index in [2.05, 4.69) is 30.2 Å². The summed E-state index contributed by atoms with van der Waals surface area (Å²) in [7, 11) is 2.05. The van der Waals surface area contributed by atoms with Crippen LogP contribution in [0.5, 0.6) is 0 Å². The Labute approximate surface area is 112 Å². The number of aromatic nitrogens is 1. The minimum absolute atomic E-state index is 0.463. The second-order valence-corrected chi connectivity index (χ2v) is 5.08. The van der Waals surface area contributed by atoms with Crippen LogP contribution in [0.15, 0.2) is 18.3 Å². The lowest BCUT2D eigenvalue weighted by Gasteiger charge is -2.18. The van der Waals surface area contributed by atoms with E-state index in [-0.39, 0.29) is 0 Å². The second kappa shape index (κ2) is 9.09. The Morgan fingerprint density at radius 3 is 2.56 bits per heavy atom. The minimum Gasteiger partial charge on any atom is -0.313 e. The molecule has 1 aromatic heterocycles. The summed E-state index contributed by atoms with van der Waals surface area (Å²) in [6.45, 7) is 4.36. The molecule has 0 saturated carbocycles. The number of pyridine rings is 1. The third-order valence-corrected chi connectivity index (χ3v) is 3.62. The molecular weight excluding hydrogens is 220 g/mol. The maximum absolute atomic E-state index is 4.38. The van der Waals surface area contributed by atoms with E-state index in [1.165, 1.54) is 50.5 Å². The Bertz CT molecular complexity index is 323. The number of nitrogens with zero attached hydrogens (tertiary/aromatic N) is 1. The van der Waals surface area contributed by atoms with E-state index in [0.717, 1.165) is 5.69 Å². The lowest BCUT2D eigenvalue weighted by atomic mass is 9.99. The van der Waals surface area contributed by atoms with Crippen LogP contribution in [0, 0.1) is 6.92 Å². The topological polar surface area (TPSA) is 24.9 Å². The quantitative estimate of drug-likeness (QED) is 0.655. The van der Waals surface area contributed by atoms with Gasteiger partial charge >= 0.3 is 0 Å². The van der Waals surface area contributed by atoms with Crippen molar-refractivity contribution < 1.29 is 0 Å². The number of rotatable bonds is 9. The first-order valence-corrected chi connectivity index (χ1v) is 7.38. The van der Waals surface area contributed by atoms with Crippen LogP contribution in [0.1, 0.15) is 69.2 Å². The molecule has 1 atom stereocenters. The van der Waals surface area contributed by atoms with Gasteiger partial charge in [0.15, 0.2) is 0 Å². The van der Waals surface area contributed by atoms with E-state index in [1.54, 1.807) is 0 Å². The van der Waals surface area contributed by atoms with Crippen LogP contribution in [-0.4, -0.2) is 12.0 Å². The zero-order valence-electron chi connectivity index (χ0n) is 12.2. The van der Waals surface area contributed by atoms with Crippen LogP contribution in [0.3, 0.4) is 0 Å². The summed E-state index contributed by atoms with van der Waals surface area (Å²) in [6.07, 6.45) is 11.3. The SMILES string of the molecule is CCCCCCCCC(NC)c1cccnc1C. The molecule has 102 valence electrons. The van der Waals surface area contributed by atoms with E-state index < -0.39 is 0 Å². The van der Waals surface area contributed by atoms with E-state index in [0.29, 0.717) is 6.04 Å². The Kier molecular flexibility index (Phi) is 7.66. The van der Waals surface area contributed by atoms with Gasteiger partial charge in [-0.25, -0.2) is 0 Å². The molecule has 2 nitrogen and oxygen atoms in total. The number of unbranched alkanes of at least 4 members (excludes halogenated alkanes) is 5. The fourth-order valence-electron chi connectivity index (χ4n) is 2.45. The van der Waals surface area contributed by atoms with E-state index in [1.807, 2.05) is 19.3 Å². The maximum atomic E-state index is 4.38. The highest BCUT2D eigenvalue weighted by molar-refractivity contribution is 5.22. The zero-order chi connectivity index (χ0) is 13.2. The first-order chi connectivity index (χ1) is 8.79. The summed E-state index contributed by atoms with van der Waals surface area (Å²) < 4.78 is 0.